The molecule has 0 amide bonds. The topological polar surface area (TPSA) is 17.1 Å². The summed E-state index contributed by atoms with van der Waals surface area (Å²) in [7, 11) is 0. The molecule has 0 aliphatic heterocycles. The fourth-order valence-corrected chi connectivity index (χ4v) is 1.90. The molecule has 1 unspecified atom stereocenters. The highest BCUT2D eigenvalue weighted by molar-refractivity contribution is 5.81. The van der Waals surface area contributed by atoms with Crippen LogP contribution in [0.25, 0.3) is 0 Å². The van der Waals surface area contributed by atoms with Gasteiger partial charge >= 0.3 is 0 Å². The highest BCUT2D eigenvalue weighted by Crippen LogP contribution is 2.26. The summed E-state index contributed by atoms with van der Waals surface area (Å²) in [6.07, 6.45) is 10.3. The smallest absolute Gasteiger partial charge is 0.136 e. The molecule has 16 heavy (non-hydrogen) atoms. The van der Waals surface area contributed by atoms with E-state index >= 15 is 0 Å². The van der Waals surface area contributed by atoms with Crippen molar-refractivity contribution in [3.8, 4) is 0 Å². The lowest BCUT2D eigenvalue weighted by atomic mass is 9.87. The summed E-state index contributed by atoms with van der Waals surface area (Å²) in [6.45, 7) is 8.67. The molecule has 0 aromatic rings. The summed E-state index contributed by atoms with van der Waals surface area (Å²) in [5, 5.41) is 0. The summed E-state index contributed by atoms with van der Waals surface area (Å²) in [4.78, 5) is 11.8. The highest BCUT2D eigenvalue weighted by atomic mass is 16.1. The first-order valence-electron chi connectivity index (χ1n) is 6.27. The van der Waals surface area contributed by atoms with Crippen LogP contribution < -0.4 is 0 Å². The van der Waals surface area contributed by atoms with Crippen molar-refractivity contribution in [3.05, 3.63) is 23.8 Å². The van der Waals surface area contributed by atoms with E-state index in [1.54, 1.807) is 0 Å². The van der Waals surface area contributed by atoms with Gasteiger partial charge in [-0.25, -0.2) is 0 Å². The Morgan fingerprint density at radius 3 is 2.69 bits per heavy atom. The molecule has 90 valence electrons. The third-order valence-electron chi connectivity index (χ3n) is 3.35. The van der Waals surface area contributed by atoms with E-state index in [1.165, 1.54) is 5.57 Å². The van der Waals surface area contributed by atoms with Gasteiger partial charge in [-0.3, -0.25) is 4.79 Å². The molecule has 0 N–H and O–H groups in total. The van der Waals surface area contributed by atoms with Crippen molar-refractivity contribution in [1.29, 1.82) is 0 Å². The molecule has 0 heterocycles. The highest BCUT2D eigenvalue weighted by Gasteiger charge is 2.16. The molecule has 0 radical (unpaired) electrons. The average Bonchev–Trinajstić information content (AvgIpc) is 2.23. The molecule has 0 saturated carbocycles. The number of Topliss-reactive ketones (excluding diaryl/α,β-unsaturated/α-hetero) is 1. The Bertz CT molecular complexity index is 307. The minimum Gasteiger partial charge on any atom is -0.299 e. The first-order chi connectivity index (χ1) is 7.41. The second kappa shape index (κ2) is 5.47. The van der Waals surface area contributed by atoms with Crippen LogP contribution in [0.4, 0.5) is 0 Å². The Morgan fingerprint density at radius 2 is 2.00 bits per heavy atom. The molecule has 0 spiro atoms. The molecule has 0 bridgehead atoms. The lowest BCUT2D eigenvalue weighted by molar-refractivity contribution is -0.122. The van der Waals surface area contributed by atoms with Crippen LogP contribution in [0.3, 0.4) is 0 Å². The Morgan fingerprint density at radius 1 is 1.31 bits per heavy atom. The number of hydrogen-bond acceptors (Lipinski definition) is 1. The van der Waals surface area contributed by atoms with Gasteiger partial charge in [0.25, 0.3) is 0 Å². The van der Waals surface area contributed by atoms with Crippen LogP contribution in [0, 0.1) is 11.3 Å². The predicted octanol–water partition coefficient (Wildman–Crippen LogP) is 4.29. The van der Waals surface area contributed by atoms with Crippen molar-refractivity contribution < 1.29 is 4.79 Å². The third-order valence-corrected chi connectivity index (χ3v) is 3.35. The van der Waals surface area contributed by atoms with Crippen molar-refractivity contribution in [2.75, 3.05) is 0 Å². The number of carbonyl (C=O) groups is 1. The first kappa shape index (κ1) is 13.2. The summed E-state index contributed by atoms with van der Waals surface area (Å²) in [5.41, 5.74) is 1.57. The number of rotatable bonds is 0. The van der Waals surface area contributed by atoms with Gasteiger partial charge in [-0.05, 0) is 31.6 Å². The van der Waals surface area contributed by atoms with Crippen LogP contribution >= 0.6 is 0 Å². The Balaban J connectivity index is 2.81. The van der Waals surface area contributed by atoms with Crippen molar-refractivity contribution in [1.82, 2.24) is 0 Å². The number of carbonyl (C=O) groups excluding carboxylic acids is 1. The van der Waals surface area contributed by atoms with Gasteiger partial charge in [0.2, 0.25) is 0 Å². The van der Waals surface area contributed by atoms with Gasteiger partial charge < -0.3 is 0 Å². The molecule has 1 nitrogen and oxygen atoms in total. The number of hydrogen-bond donors (Lipinski definition) is 0. The SMILES string of the molecule is C/C1=C/CC(C)(C)/C=C/CC(C)C(=O)CC1. The first-order valence-corrected chi connectivity index (χ1v) is 6.27. The van der Waals surface area contributed by atoms with E-state index in [1.807, 2.05) is 6.92 Å². The second-order valence-corrected chi connectivity index (χ2v) is 5.75. The maximum atomic E-state index is 11.8. The molecule has 0 aromatic carbocycles. The minimum absolute atomic E-state index is 0.179. The zero-order valence-electron chi connectivity index (χ0n) is 11.0. The van der Waals surface area contributed by atoms with Crippen LogP contribution in [-0.2, 0) is 4.79 Å². The van der Waals surface area contributed by atoms with Crippen LogP contribution in [0.1, 0.15) is 53.4 Å². The third kappa shape index (κ3) is 4.34. The van der Waals surface area contributed by atoms with Crippen LogP contribution in [-0.4, -0.2) is 5.78 Å². The average molecular weight is 220 g/mol. The molecule has 0 aromatic heterocycles. The van der Waals surface area contributed by atoms with Crippen molar-refractivity contribution >= 4 is 5.78 Å². The van der Waals surface area contributed by atoms with Crippen LogP contribution in [0.15, 0.2) is 23.8 Å². The number of ketones is 1. The quantitative estimate of drug-likeness (QED) is 0.556. The van der Waals surface area contributed by atoms with E-state index in [4.69, 9.17) is 0 Å². The zero-order chi connectivity index (χ0) is 12.2. The van der Waals surface area contributed by atoms with Gasteiger partial charge in [-0.15, -0.1) is 0 Å². The maximum absolute atomic E-state index is 11.8. The molecule has 1 aliphatic carbocycles. The molecule has 1 rings (SSSR count). The molecule has 0 fully saturated rings. The predicted molar refractivity (Wildman–Crippen MR) is 69.3 cm³/mol. The van der Waals surface area contributed by atoms with Crippen LogP contribution in [0.5, 0.6) is 0 Å². The van der Waals surface area contributed by atoms with Gasteiger partial charge in [0.15, 0.2) is 0 Å². The Hall–Kier alpha value is -0.850. The fraction of sp³-hybridized carbons (Fsp3) is 0.667. The molecular weight excluding hydrogens is 196 g/mol. The standard InChI is InChI=1S/C15H24O/c1-12-7-8-14(16)13(2)6-5-10-15(3,4)11-9-12/h5,9-10,13H,6-8,11H2,1-4H3/b10-5+,12-9-. The molecular formula is C15H24O. The fourth-order valence-electron chi connectivity index (χ4n) is 1.90. The largest absolute Gasteiger partial charge is 0.299 e. The molecule has 0 saturated heterocycles. The summed E-state index contributed by atoms with van der Waals surface area (Å²) in [6, 6.07) is 0. The van der Waals surface area contributed by atoms with Gasteiger partial charge in [-0.1, -0.05) is 44.6 Å². The summed E-state index contributed by atoms with van der Waals surface area (Å²) in [5.74, 6) is 0.579. The lowest BCUT2D eigenvalue weighted by Gasteiger charge is -2.18. The Labute approximate surface area is 99.6 Å². The van der Waals surface area contributed by atoms with Gasteiger partial charge in [0.05, 0.1) is 0 Å². The second-order valence-electron chi connectivity index (χ2n) is 5.75. The maximum Gasteiger partial charge on any atom is 0.136 e. The minimum atomic E-state index is 0.179. The molecule has 1 aliphatic rings. The van der Waals surface area contributed by atoms with E-state index in [0.717, 1.165) is 19.3 Å². The molecule has 1 heteroatoms. The van der Waals surface area contributed by atoms with Gasteiger partial charge in [-0.2, -0.15) is 0 Å². The van der Waals surface area contributed by atoms with E-state index < -0.39 is 0 Å². The van der Waals surface area contributed by atoms with Gasteiger partial charge in [0, 0.05) is 12.3 Å². The molecule has 1 atom stereocenters. The summed E-state index contributed by atoms with van der Waals surface area (Å²) >= 11 is 0. The van der Waals surface area contributed by atoms with Crippen molar-refractivity contribution in [2.45, 2.75) is 53.4 Å². The summed E-state index contributed by atoms with van der Waals surface area (Å²) < 4.78 is 0. The van der Waals surface area contributed by atoms with Gasteiger partial charge in [0.1, 0.15) is 5.78 Å². The van der Waals surface area contributed by atoms with Crippen molar-refractivity contribution in [2.24, 2.45) is 11.3 Å². The van der Waals surface area contributed by atoms with E-state index in [2.05, 4.69) is 39.0 Å². The van der Waals surface area contributed by atoms with E-state index in [9.17, 15) is 4.79 Å². The Kier molecular flexibility index (Phi) is 4.52. The van der Waals surface area contributed by atoms with Crippen LogP contribution in [0.2, 0.25) is 0 Å². The lowest BCUT2D eigenvalue weighted by Crippen LogP contribution is -2.10. The zero-order valence-corrected chi connectivity index (χ0v) is 11.0. The monoisotopic (exact) mass is 220 g/mol. The van der Waals surface area contributed by atoms with E-state index in [-0.39, 0.29) is 11.3 Å². The number of allylic oxidation sites excluding steroid dienone is 4. The normalized spacial score (nSPS) is 32.4. The van der Waals surface area contributed by atoms with E-state index in [0.29, 0.717) is 12.2 Å². The van der Waals surface area contributed by atoms with Crippen molar-refractivity contribution in [3.63, 3.8) is 0 Å².